The van der Waals surface area contributed by atoms with Crippen LogP contribution in [0.25, 0.3) is 0 Å². The smallest absolute Gasteiger partial charge is 0.325 e. The number of amides is 2. The van der Waals surface area contributed by atoms with Crippen LogP contribution in [0.3, 0.4) is 0 Å². The summed E-state index contributed by atoms with van der Waals surface area (Å²) in [5, 5.41) is 5.66. The summed E-state index contributed by atoms with van der Waals surface area (Å²) in [7, 11) is 0. The Hall–Kier alpha value is -2.77. The molecule has 8 heteroatoms. The lowest BCUT2D eigenvalue weighted by Crippen LogP contribution is -2.60. The molecule has 1 heterocycles. The summed E-state index contributed by atoms with van der Waals surface area (Å²) in [6.45, 7) is -0.504. The summed E-state index contributed by atoms with van der Waals surface area (Å²) < 4.78 is 15.5. The first-order valence-corrected chi connectivity index (χ1v) is 10.6. The molecule has 0 radical (unpaired) electrons. The highest BCUT2D eigenvalue weighted by Crippen LogP contribution is 2.55. The van der Waals surface area contributed by atoms with Crippen LogP contribution in [0.5, 0.6) is 11.5 Å². The molecule has 0 aromatic heterocycles. The molecule has 8 nitrogen and oxygen atoms in total. The van der Waals surface area contributed by atoms with Crippen molar-refractivity contribution in [1.82, 2.24) is 10.6 Å². The Bertz CT molecular complexity index is 847. The van der Waals surface area contributed by atoms with Crippen LogP contribution in [0.4, 0.5) is 0 Å². The lowest BCUT2D eigenvalue weighted by Gasteiger charge is -2.56. The van der Waals surface area contributed by atoms with Gasteiger partial charge in [0.1, 0.15) is 6.54 Å². The topological polar surface area (TPSA) is 103 Å². The predicted molar refractivity (Wildman–Crippen MR) is 105 cm³/mol. The third-order valence-electron chi connectivity index (χ3n) is 6.84. The van der Waals surface area contributed by atoms with Gasteiger partial charge in [-0.1, -0.05) is 0 Å². The van der Waals surface area contributed by atoms with E-state index >= 15 is 0 Å². The Labute approximate surface area is 174 Å². The van der Waals surface area contributed by atoms with Gasteiger partial charge in [-0.15, -0.1) is 0 Å². The van der Waals surface area contributed by atoms with Crippen LogP contribution in [0.2, 0.25) is 0 Å². The van der Waals surface area contributed by atoms with E-state index in [9.17, 15) is 14.4 Å². The molecule has 0 unspecified atom stereocenters. The molecule has 2 amide bonds. The van der Waals surface area contributed by atoms with Crippen molar-refractivity contribution in [3.63, 3.8) is 0 Å². The van der Waals surface area contributed by atoms with Crippen LogP contribution in [0, 0.1) is 17.8 Å². The second-order valence-corrected chi connectivity index (χ2v) is 9.16. The van der Waals surface area contributed by atoms with E-state index in [1.54, 1.807) is 18.2 Å². The van der Waals surface area contributed by atoms with E-state index in [-0.39, 0.29) is 31.4 Å². The van der Waals surface area contributed by atoms with Crippen molar-refractivity contribution in [3.05, 3.63) is 23.8 Å². The van der Waals surface area contributed by atoms with Gasteiger partial charge in [0.25, 0.3) is 11.8 Å². The highest BCUT2D eigenvalue weighted by molar-refractivity contribution is 5.96. The number of esters is 1. The van der Waals surface area contributed by atoms with Gasteiger partial charge in [0, 0.05) is 11.1 Å². The molecule has 1 aromatic carbocycles. The number of carbonyl (C=O) groups excluding carboxylic acids is 3. The number of hydrogen-bond acceptors (Lipinski definition) is 6. The van der Waals surface area contributed by atoms with Gasteiger partial charge >= 0.3 is 5.97 Å². The highest BCUT2D eigenvalue weighted by Gasteiger charge is 2.51. The quantitative estimate of drug-likeness (QED) is 0.688. The predicted octanol–water partition coefficient (Wildman–Crippen LogP) is 1.77. The van der Waals surface area contributed by atoms with Gasteiger partial charge < -0.3 is 24.8 Å². The Morgan fingerprint density at radius 3 is 2.37 bits per heavy atom. The molecule has 1 aromatic rings. The van der Waals surface area contributed by atoms with E-state index < -0.39 is 11.9 Å². The third-order valence-corrected chi connectivity index (χ3v) is 6.84. The Balaban J connectivity index is 1.07. The fourth-order valence-corrected chi connectivity index (χ4v) is 6.08. The molecule has 4 fully saturated rings. The van der Waals surface area contributed by atoms with Crippen molar-refractivity contribution in [3.8, 4) is 11.5 Å². The maximum Gasteiger partial charge on any atom is 0.325 e. The zero-order valence-electron chi connectivity index (χ0n) is 16.8. The van der Waals surface area contributed by atoms with E-state index in [0.29, 0.717) is 17.1 Å². The van der Waals surface area contributed by atoms with E-state index in [4.69, 9.17) is 14.2 Å². The van der Waals surface area contributed by atoms with E-state index in [1.807, 2.05) is 0 Å². The maximum atomic E-state index is 12.4. The fourth-order valence-electron chi connectivity index (χ4n) is 6.08. The summed E-state index contributed by atoms with van der Waals surface area (Å²) >= 11 is 0. The number of hydrogen-bond donors (Lipinski definition) is 2. The Morgan fingerprint density at radius 2 is 1.67 bits per heavy atom. The van der Waals surface area contributed by atoms with Crippen LogP contribution in [-0.2, 0) is 14.3 Å². The second-order valence-electron chi connectivity index (χ2n) is 9.16. The van der Waals surface area contributed by atoms with Gasteiger partial charge in [0.05, 0.1) is 0 Å². The number of benzene rings is 1. The SMILES string of the molecule is O=C(COC(=O)CNC(=O)c1ccc2c(c1)OCO2)NC12CC3CC(CC(C3)C1)C2. The van der Waals surface area contributed by atoms with Crippen LogP contribution >= 0.6 is 0 Å². The summed E-state index contributed by atoms with van der Waals surface area (Å²) in [6.07, 6.45) is 7.03. The normalized spacial score (nSPS) is 30.1. The molecule has 4 saturated carbocycles. The number of ether oxygens (including phenoxy) is 3. The number of carbonyl (C=O) groups is 3. The largest absolute Gasteiger partial charge is 0.454 e. The highest BCUT2D eigenvalue weighted by atomic mass is 16.7. The maximum absolute atomic E-state index is 12.4. The summed E-state index contributed by atoms with van der Waals surface area (Å²) in [6, 6.07) is 4.79. The first kappa shape index (κ1) is 19.2. The minimum absolute atomic E-state index is 0.105. The van der Waals surface area contributed by atoms with Crippen molar-refractivity contribution < 1.29 is 28.6 Å². The van der Waals surface area contributed by atoms with Gasteiger partial charge in [-0.05, 0) is 74.5 Å². The van der Waals surface area contributed by atoms with E-state index in [0.717, 1.165) is 37.0 Å². The Kier molecular flexibility index (Phi) is 4.79. The van der Waals surface area contributed by atoms with Crippen molar-refractivity contribution in [2.75, 3.05) is 19.9 Å². The number of fused-ring (bicyclic) bond motifs is 1. The molecule has 2 N–H and O–H groups in total. The minimum Gasteiger partial charge on any atom is -0.454 e. The summed E-state index contributed by atoms with van der Waals surface area (Å²) in [4.78, 5) is 36.6. The van der Waals surface area contributed by atoms with Crippen molar-refractivity contribution in [1.29, 1.82) is 0 Å². The molecule has 0 spiro atoms. The molecule has 4 bridgehead atoms. The van der Waals surface area contributed by atoms with Crippen LogP contribution in [0.1, 0.15) is 48.9 Å². The van der Waals surface area contributed by atoms with Gasteiger partial charge in [-0.2, -0.15) is 0 Å². The first-order valence-electron chi connectivity index (χ1n) is 10.6. The average Bonchev–Trinajstić information content (AvgIpc) is 3.17. The molecule has 4 aliphatic carbocycles. The van der Waals surface area contributed by atoms with Crippen LogP contribution in [0.15, 0.2) is 18.2 Å². The lowest BCUT2D eigenvalue weighted by molar-refractivity contribution is -0.149. The summed E-state index contributed by atoms with van der Waals surface area (Å²) in [5.74, 6) is 1.92. The van der Waals surface area contributed by atoms with Crippen LogP contribution in [-0.4, -0.2) is 43.3 Å². The molecule has 1 aliphatic heterocycles. The van der Waals surface area contributed by atoms with Gasteiger partial charge in [-0.3, -0.25) is 14.4 Å². The van der Waals surface area contributed by atoms with Gasteiger partial charge in [0.2, 0.25) is 6.79 Å². The molecule has 160 valence electrons. The van der Waals surface area contributed by atoms with Gasteiger partial charge in [0.15, 0.2) is 18.1 Å². The minimum atomic E-state index is -0.648. The Morgan fingerprint density at radius 1 is 1.00 bits per heavy atom. The standard InChI is InChI=1S/C22H26N2O6/c25-19(24-22-7-13-3-14(8-22)5-15(4-13)9-22)11-28-20(26)10-23-21(27)16-1-2-17-18(6-16)30-12-29-17/h1-2,6,13-15H,3-5,7-12H2,(H,23,27)(H,24,25). The molecular weight excluding hydrogens is 388 g/mol. The number of nitrogens with one attached hydrogen (secondary N) is 2. The number of rotatable bonds is 6. The monoisotopic (exact) mass is 414 g/mol. The molecule has 5 aliphatic rings. The van der Waals surface area contributed by atoms with E-state index in [2.05, 4.69) is 10.6 Å². The van der Waals surface area contributed by atoms with E-state index in [1.165, 1.54) is 19.3 Å². The van der Waals surface area contributed by atoms with Crippen molar-refractivity contribution in [2.45, 2.75) is 44.1 Å². The van der Waals surface area contributed by atoms with Crippen LogP contribution < -0.4 is 20.1 Å². The van der Waals surface area contributed by atoms with Gasteiger partial charge in [-0.25, -0.2) is 0 Å². The molecular formula is C22H26N2O6. The first-order chi connectivity index (χ1) is 14.5. The zero-order valence-corrected chi connectivity index (χ0v) is 16.8. The molecule has 0 atom stereocenters. The molecule has 6 rings (SSSR count). The molecule has 30 heavy (non-hydrogen) atoms. The van der Waals surface area contributed by atoms with Crippen molar-refractivity contribution >= 4 is 17.8 Å². The summed E-state index contributed by atoms with van der Waals surface area (Å²) in [5.41, 5.74) is 0.248. The second kappa shape index (κ2) is 7.49. The lowest BCUT2D eigenvalue weighted by atomic mass is 9.53. The average molecular weight is 414 g/mol. The van der Waals surface area contributed by atoms with Crippen molar-refractivity contribution in [2.24, 2.45) is 17.8 Å². The zero-order chi connectivity index (χ0) is 20.7. The third kappa shape index (κ3) is 3.82. The molecule has 0 saturated heterocycles. The fraction of sp³-hybridized carbons (Fsp3) is 0.591.